The number of amides is 1. The van der Waals surface area contributed by atoms with Crippen LogP contribution in [-0.2, 0) is 11.2 Å². The Morgan fingerprint density at radius 2 is 2.06 bits per heavy atom. The molecule has 0 unspecified atom stereocenters. The summed E-state index contributed by atoms with van der Waals surface area (Å²) < 4.78 is 0. The molecule has 1 aliphatic heterocycles. The number of hydrogen-bond acceptors (Lipinski definition) is 2. The first-order valence-corrected chi connectivity index (χ1v) is 6.43. The molecule has 0 fully saturated rings. The van der Waals surface area contributed by atoms with E-state index < -0.39 is 0 Å². The summed E-state index contributed by atoms with van der Waals surface area (Å²) in [4.78, 5) is 15.9. The van der Waals surface area contributed by atoms with E-state index in [9.17, 15) is 4.79 Å². The molecule has 0 atom stereocenters. The fourth-order valence-corrected chi connectivity index (χ4v) is 3.08. The van der Waals surface area contributed by atoms with Gasteiger partial charge in [0.2, 0.25) is 5.91 Å². The number of likely N-dealkylation sites (N-methyl/N-ethyl adjacent to an activating group) is 1. The Bertz CT molecular complexity index is 600. The largest absolute Gasteiger partial charge is 0.315 e. The second-order valence-corrected chi connectivity index (χ2v) is 5.67. The van der Waals surface area contributed by atoms with Gasteiger partial charge in [0.15, 0.2) is 0 Å². The minimum absolute atomic E-state index is 0.180. The van der Waals surface area contributed by atoms with Gasteiger partial charge < -0.3 is 4.90 Å². The zero-order chi connectivity index (χ0) is 12.0. The second kappa shape index (κ2) is 3.70. The van der Waals surface area contributed by atoms with Crippen LogP contribution in [0.4, 0.5) is 5.69 Å². The molecule has 17 heavy (non-hydrogen) atoms. The Hall–Kier alpha value is -1.61. The van der Waals surface area contributed by atoms with Crippen LogP contribution in [0.2, 0.25) is 0 Å². The lowest BCUT2D eigenvalue weighted by Gasteiger charge is -2.10. The number of carbonyl (C=O) groups is 1. The van der Waals surface area contributed by atoms with Crippen molar-refractivity contribution >= 4 is 22.9 Å². The molecule has 0 radical (unpaired) electrons. The summed E-state index contributed by atoms with van der Waals surface area (Å²) in [5, 5.41) is 0. The molecule has 86 valence electrons. The van der Waals surface area contributed by atoms with Gasteiger partial charge in [-0.2, -0.15) is 0 Å². The number of benzene rings is 1. The smallest absolute Gasteiger partial charge is 0.231 e. The van der Waals surface area contributed by atoms with Crippen molar-refractivity contribution in [2.75, 3.05) is 11.9 Å². The molecule has 2 aromatic rings. The van der Waals surface area contributed by atoms with Crippen LogP contribution < -0.4 is 4.90 Å². The van der Waals surface area contributed by atoms with Gasteiger partial charge in [-0.15, -0.1) is 11.3 Å². The van der Waals surface area contributed by atoms with E-state index in [-0.39, 0.29) is 5.91 Å². The van der Waals surface area contributed by atoms with Crippen molar-refractivity contribution in [3.8, 4) is 10.4 Å². The third-order valence-electron chi connectivity index (χ3n) is 3.18. The summed E-state index contributed by atoms with van der Waals surface area (Å²) in [6.45, 7) is 2.11. The molecule has 1 amide bonds. The van der Waals surface area contributed by atoms with Crippen LogP contribution in [-0.4, -0.2) is 13.0 Å². The fourth-order valence-electron chi connectivity index (χ4n) is 2.21. The van der Waals surface area contributed by atoms with Gasteiger partial charge in [0, 0.05) is 22.5 Å². The van der Waals surface area contributed by atoms with Gasteiger partial charge in [0.1, 0.15) is 0 Å². The molecule has 2 heterocycles. The van der Waals surface area contributed by atoms with Crippen molar-refractivity contribution in [1.82, 2.24) is 0 Å². The van der Waals surface area contributed by atoms with E-state index in [2.05, 4.69) is 31.2 Å². The van der Waals surface area contributed by atoms with E-state index >= 15 is 0 Å². The third-order valence-corrected chi connectivity index (χ3v) is 4.23. The minimum Gasteiger partial charge on any atom is -0.315 e. The SMILES string of the molecule is Cc1ccc(-c2ccc3c(c2)CC(=O)N3C)s1. The summed E-state index contributed by atoms with van der Waals surface area (Å²) in [5.74, 6) is 0.180. The number of rotatable bonds is 1. The molecule has 0 bridgehead atoms. The standard InChI is InChI=1S/C14H13NOS/c1-9-3-6-13(17-9)10-4-5-12-11(7-10)8-14(16)15(12)2/h3-7H,8H2,1-2H3. The van der Waals surface area contributed by atoms with E-state index in [0.717, 1.165) is 11.3 Å². The van der Waals surface area contributed by atoms with Crippen molar-refractivity contribution < 1.29 is 4.79 Å². The van der Waals surface area contributed by atoms with Crippen LogP contribution in [0.1, 0.15) is 10.4 Å². The van der Waals surface area contributed by atoms with Crippen molar-refractivity contribution in [2.45, 2.75) is 13.3 Å². The summed E-state index contributed by atoms with van der Waals surface area (Å²) in [7, 11) is 1.84. The van der Waals surface area contributed by atoms with Crippen LogP contribution in [0.15, 0.2) is 30.3 Å². The number of fused-ring (bicyclic) bond motifs is 1. The molecule has 0 aliphatic carbocycles. The molecule has 1 aromatic heterocycles. The third kappa shape index (κ3) is 1.67. The predicted molar refractivity (Wildman–Crippen MR) is 71.6 cm³/mol. The van der Waals surface area contributed by atoms with Gasteiger partial charge in [0.05, 0.1) is 6.42 Å². The molecular weight excluding hydrogens is 230 g/mol. The molecule has 0 N–H and O–H groups in total. The first kappa shape index (κ1) is 10.5. The van der Waals surface area contributed by atoms with Gasteiger partial charge in [-0.05, 0) is 42.3 Å². The first-order chi connectivity index (χ1) is 8.15. The second-order valence-electron chi connectivity index (χ2n) is 4.38. The quantitative estimate of drug-likeness (QED) is 0.753. The molecular formula is C14H13NOS. The maximum absolute atomic E-state index is 11.6. The van der Waals surface area contributed by atoms with Gasteiger partial charge in [0.25, 0.3) is 0 Å². The normalized spacial score (nSPS) is 14.2. The Kier molecular flexibility index (Phi) is 2.30. The molecule has 1 aromatic carbocycles. The van der Waals surface area contributed by atoms with Crippen molar-refractivity contribution in [1.29, 1.82) is 0 Å². The van der Waals surface area contributed by atoms with E-state index in [1.807, 2.05) is 13.1 Å². The molecule has 3 heteroatoms. The maximum atomic E-state index is 11.6. The predicted octanol–water partition coefficient (Wildman–Crippen LogP) is 3.24. The zero-order valence-electron chi connectivity index (χ0n) is 9.86. The lowest BCUT2D eigenvalue weighted by Crippen LogP contribution is -2.20. The van der Waals surface area contributed by atoms with Crippen LogP contribution in [0.25, 0.3) is 10.4 Å². The topological polar surface area (TPSA) is 20.3 Å². The molecule has 0 spiro atoms. The van der Waals surface area contributed by atoms with Gasteiger partial charge in [-0.1, -0.05) is 6.07 Å². The van der Waals surface area contributed by atoms with Crippen molar-refractivity contribution in [3.05, 3.63) is 40.8 Å². The van der Waals surface area contributed by atoms with Crippen LogP contribution >= 0.6 is 11.3 Å². The molecule has 0 saturated heterocycles. The van der Waals surface area contributed by atoms with Crippen LogP contribution in [0.5, 0.6) is 0 Å². The van der Waals surface area contributed by atoms with E-state index in [4.69, 9.17) is 0 Å². The fraction of sp³-hybridized carbons (Fsp3) is 0.214. The monoisotopic (exact) mass is 243 g/mol. The average molecular weight is 243 g/mol. The highest BCUT2D eigenvalue weighted by Crippen LogP contribution is 2.34. The summed E-state index contributed by atoms with van der Waals surface area (Å²) >= 11 is 1.79. The number of hydrogen-bond donors (Lipinski definition) is 0. The number of nitrogens with zero attached hydrogens (tertiary/aromatic N) is 1. The number of carbonyl (C=O) groups excluding carboxylic acids is 1. The van der Waals surface area contributed by atoms with E-state index in [1.165, 1.54) is 15.3 Å². The minimum atomic E-state index is 0.180. The Labute approximate surface area is 105 Å². The van der Waals surface area contributed by atoms with Gasteiger partial charge in [-0.3, -0.25) is 4.79 Å². The van der Waals surface area contributed by atoms with Crippen molar-refractivity contribution in [2.24, 2.45) is 0 Å². The molecule has 3 rings (SSSR count). The zero-order valence-corrected chi connectivity index (χ0v) is 10.7. The molecule has 1 aliphatic rings. The number of anilines is 1. The lowest BCUT2D eigenvalue weighted by atomic mass is 10.1. The van der Waals surface area contributed by atoms with Crippen molar-refractivity contribution in [3.63, 3.8) is 0 Å². The van der Waals surface area contributed by atoms with E-state index in [1.54, 1.807) is 16.2 Å². The summed E-state index contributed by atoms with van der Waals surface area (Å²) in [5.41, 5.74) is 3.40. The maximum Gasteiger partial charge on any atom is 0.231 e. The van der Waals surface area contributed by atoms with E-state index in [0.29, 0.717) is 6.42 Å². The highest BCUT2D eigenvalue weighted by molar-refractivity contribution is 7.15. The van der Waals surface area contributed by atoms with Crippen LogP contribution in [0.3, 0.4) is 0 Å². The van der Waals surface area contributed by atoms with Gasteiger partial charge >= 0.3 is 0 Å². The first-order valence-electron chi connectivity index (χ1n) is 5.61. The van der Waals surface area contributed by atoms with Gasteiger partial charge in [-0.25, -0.2) is 0 Å². The molecule has 2 nitrogen and oxygen atoms in total. The summed E-state index contributed by atoms with van der Waals surface area (Å²) in [6, 6.07) is 10.6. The summed E-state index contributed by atoms with van der Waals surface area (Å²) in [6.07, 6.45) is 0.532. The highest BCUT2D eigenvalue weighted by Gasteiger charge is 2.23. The Balaban J connectivity index is 2.06. The highest BCUT2D eigenvalue weighted by atomic mass is 32.1. The molecule has 0 saturated carbocycles. The number of aryl methyl sites for hydroxylation is 1. The lowest BCUT2D eigenvalue weighted by molar-refractivity contribution is -0.117. The Morgan fingerprint density at radius 3 is 2.76 bits per heavy atom. The number of thiophene rings is 1. The van der Waals surface area contributed by atoms with Crippen LogP contribution in [0, 0.1) is 6.92 Å². The Morgan fingerprint density at radius 1 is 1.24 bits per heavy atom. The average Bonchev–Trinajstić information content (AvgIpc) is 2.85.